The van der Waals surface area contributed by atoms with E-state index in [9.17, 15) is 0 Å². The predicted molar refractivity (Wildman–Crippen MR) is 126 cm³/mol. The molecule has 1 N–H and O–H groups in total. The molecule has 0 saturated carbocycles. The van der Waals surface area contributed by atoms with Crippen LogP contribution >= 0.6 is 0 Å². The fourth-order valence-corrected chi connectivity index (χ4v) is 4.03. The van der Waals surface area contributed by atoms with Crippen LogP contribution in [-0.4, -0.2) is 28.0 Å². The molecule has 0 spiro atoms. The number of benzene rings is 2. The minimum absolute atomic E-state index is 0. The molecule has 4 rings (SSSR count). The zero-order chi connectivity index (χ0) is 19.9. The minimum atomic E-state index is 0. The number of anilines is 1. The van der Waals surface area contributed by atoms with Gasteiger partial charge in [0.05, 0.1) is 24.1 Å². The Morgan fingerprint density at radius 1 is 0.967 bits per heavy atom. The lowest BCUT2D eigenvalue weighted by atomic mass is 10.0. The van der Waals surface area contributed by atoms with Crippen molar-refractivity contribution in [1.29, 1.82) is 0 Å². The summed E-state index contributed by atoms with van der Waals surface area (Å²) in [4.78, 5) is 11.8. The van der Waals surface area contributed by atoms with E-state index < -0.39 is 0 Å². The first-order valence-electron chi connectivity index (χ1n) is 10.8. The molecule has 4 nitrogen and oxygen atoms in total. The van der Waals surface area contributed by atoms with Crippen LogP contribution in [0.1, 0.15) is 57.2 Å². The maximum Gasteiger partial charge on any atom is 0.145 e. The Morgan fingerprint density at radius 2 is 1.70 bits per heavy atom. The second-order valence-corrected chi connectivity index (χ2v) is 7.87. The summed E-state index contributed by atoms with van der Waals surface area (Å²) in [5.41, 5.74) is 4.67. The third kappa shape index (κ3) is 5.67. The Labute approximate surface area is 181 Å². The van der Waals surface area contributed by atoms with Gasteiger partial charge in [0.15, 0.2) is 0 Å². The average Bonchev–Trinajstić information content (AvgIpc) is 3.28. The van der Waals surface area contributed by atoms with Gasteiger partial charge in [0.2, 0.25) is 0 Å². The van der Waals surface area contributed by atoms with Gasteiger partial charge in [-0.1, -0.05) is 75.4 Å². The molecule has 0 radical (unpaired) electrons. The largest absolute Gasteiger partial charge is 0.362 e. The van der Waals surface area contributed by atoms with Gasteiger partial charge in [-0.2, -0.15) is 0 Å². The number of nitrogens with one attached hydrogen (secondary N) is 1. The van der Waals surface area contributed by atoms with Crippen LogP contribution in [-0.2, 0) is 6.54 Å². The Morgan fingerprint density at radius 3 is 2.40 bits per heavy atom. The van der Waals surface area contributed by atoms with Gasteiger partial charge in [-0.15, -0.1) is 0 Å². The van der Waals surface area contributed by atoms with Gasteiger partial charge in [-0.05, 0) is 43.5 Å². The second kappa shape index (κ2) is 10.9. The van der Waals surface area contributed by atoms with Gasteiger partial charge in [0.1, 0.15) is 5.82 Å². The number of rotatable bonds is 8. The van der Waals surface area contributed by atoms with E-state index >= 15 is 0 Å². The van der Waals surface area contributed by atoms with Crippen molar-refractivity contribution in [3.63, 3.8) is 0 Å². The van der Waals surface area contributed by atoms with Crippen molar-refractivity contribution in [2.75, 3.05) is 18.4 Å². The van der Waals surface area contributed by atoms with Gasteiger partial charge in [0.25, 0.3) is 0 Å². The molecule has 0 amide bonds. The van der Waals surface area contributed by atoms with E-state index in [1.165, 1.54) is 37.1 Å². The highest BCUT2D eigenvalue weighted by Gasteiger charge is 2.13. The highest BCUT2D eigenvalue weighted by molar-refractivity contribution is 5.60. The van der Waals surface area contributed by atoms with Gasteiger partial charge in [-0.25, -0.2) is 4.98 Å². The smallest absolute Gasteiger partial charge is 0.145 e. The summed E-state index contributed by atoms with van der Waals surface area (Å²) in [6, 6.07) is 19.6. The molecule has 2 aromatic carbocycles. The van der Waals surface area contributed by atoms with Crippen LogP contribution in [0.25, 0.3) is 11.3 Å². The van der Waals surface area contributed by atoms with E-state index in [1.807, 2.05) is 12.4 Å². The monoisotopic (exact) mass is 402 g/mol. The third-order valence-electron chi connectivity index (χ3n) is 5.59. The number of hydrogen-bond acceptors (Lipinski definition) is 4. The third-order valence-corrected chi connectivity index (χ3v) is 5.59. The standard InChI is InChI=1S/C25H30N4.CH4/c1-2-8-23(21-9-4-3-5-10-21)27-25-18-26-17-24(28-25)22-13-11-20(12-14-22)19-29-15-6-7-16-29;/h3-5,9-14,17-18,23H,2,6-8,15-16,19H2,1H3,(H,27,28);1H4. The highest BCUT2D eigenvalue weighted by atomic mass is 15.1. The molecule has 1 aromatic heterocycles. The molecule has 0 bridgehead atoms. The molecular weight excluding hydrogens is 368 g/mol. The van der Waals surface area contributed by atoms with Crippen LogP contribution in [0.2, 0.25) is 0 Å². The van der Waals surface area contributed by atoms with E-state index in [1.54, 1.807) is 0 Å². The van der Waals surface area contributed by atoms with Crippen LogP contribution < -0.4 is 5.32 Å². The molecule has 1 unspecified atom stereocenters. The molecular formula is C26H34N4. The van der Waals surface area contributed by atoms with Crippen molar-refractivity contribution in [3.8, 4) is 11.3 Å². The summed E-state index contributed by atoms with van der Waals surface area (Å²) >= 11 is 0. The van der Waals surface area contributed by atoms with E-state index in [-0.39, 0.29) is 13.5 Å². The minimum Gasteiger partial charge on any atom is -0.362 e. The van der Waals surface area contributed by atoms with Crippen molar-refractivity contribution in [1.82, 2.24) is 14.9 Å². The second-order valence-electron chi connectivity index (χ2n) is 7.87. The molecule has 1 aliphatic heterocycles. The quantitative estimate of drug-likeness (QED) is 0.478. The van der Waals surface area contributed by atoms with Crippen LogP contribution in [0.15, 0.2) is 67.0 Å². The first kappa shape index (κ1) is 22.0. The molecule has 1 fully saturated rings. The summed E-state index contributed by atoms with van der Waals surface area (Å²) < 4.78 is 0. The maximum atomic E-state index is 4.84. The fourth-order valence-electron chi connectivity index (χ4n) is 4.03. The average molecular weight is 403 g/mol. The van der Waals surface area contributed by atoms with Crippen LogP contribution in [0.4, 0.5) is 5.82 Å². The molecule has 158 valence electrons. The lowest BCUT2D eigenvalue weighted by molar-refractivity contribution is 0.331. The topological polar surface area (TPSA) is 41.1 Å². The molecule has 0 aliphatic carbocycles. The highest BCUT2D eigenvalue weighted by Crippen LogP contribution is 2.25. The first-order chi connectivity index (χ1) is 14.3. The molecule has 2 heterocycles. The van der Waals surface area contributed by atoms with Crippen molar-refractivity contribution in [3.05, 3.63) is 78.1 Å². The number of aromatic nitrogens is 2. The maximum absolute atomic E-state index is 4.84. The van der Waals surface area contributed by atoms with Gasteiger partial charge < -0.3 is 5.32 Å². The Bertz CT molecular complexity index is 886. The summed E-state index contributed by atoms with van der Waals surface area (Å²) in [7, 11) is 0. The lowest BCUT2D eigenvalue weighted by Crippen LogP contribution is -2.18. The number of hydrogen-bond donors (Lipinski definition) is 1. The molecule has 1 atom stereocenters. The first-order valence-corrected chi connectivity index (χ1v) is 10.8. The van der Waals surface area contributed by atoms with Crippen LogP contribution in [0, 0.1) is 0 Å². The molecule has 1 saturated heterocycles. The SMILES string of the molecule is C.CCCC(Nc1cncc(-c2ccc(CN3CCCC3)cc2)n1)c1ccccc1. The normalized spacial score (nSPS) is 14.8. The zero-order valence-electron chi connectivity index (χ0n) is 17.2. The molecule has 30 heavy (non-hydrogen) atoms. The van der Waals surface area contributed by atoms with E-state index in [0.717, 1.165) is 36.5 Å². The van der Waals surface area contributed by atoms with Crippen molar-refractivity contribution >= 4 is 5.82 Å². The van der Waals surface area contributed by atoms with E-state index in [2.05, 4.69) is 76.7 Å². The van der Waals surface area contributed by atoms with Gasteiger partial charge in [0, 0.05) is 12.1 Å². The lowest BCUT2D eigenvalue weighted by Gasteiger charge is -2.19. The van der Waals surface area contributed by atoms with Gasteiger partial charge >= 0.3 is 0 Å². The predicted octanol–water partition coefficient (Wildman–Crippen LogP) is 6.33. The summed E-state index contributed by atoms with van der Waals surface area (Å²) in [6.07, 6.45) is 8.49. The number of likely N-dealkylation sites (tertiary alicyclic amines) is 1. The van der Waals surface area contributed by atoms with Crippen LogP contribution in [0.5, 0.6) is 0 Å². The zero-order valence-corrected chi connectivity index (χ0v) is 17.2. The van der Waals surface area contributed by atoms with Crippen LogP contribution in [0.3, 0.4) is 0 Å². The van der Waals surface area contributed by atoms with E-state index in [4.69, 9.17) is 4.98 Å². The van der Waals surface area contributed by atoms with Crippen molar-refractivity contribution in [2.45, 2.75) is 52.6 Å². The summed E-state index contributed by atoms with van der Waals surface area (Å²) in [5, 5.41) is 3.59. The van der Waals surface area contributed by atoms with Crippen molar-refractivity contribution < 1.29 is 0 Å². The molecule has 4 heteroatoms. The Balaban J connectivity index is 0.00000256. The summed E-state index contributed by atoms with van der Waals surface area (Å²) in [6.45, 7) is 5.70. The van der Waals surface area contributed by atoms with E-state index in [0.29, 0.717) is 0 Å². The van der Waals surface area contributed by atoms with Gasteiger partial charge in [-0.3, -0.25) is 9.88 Å². The Hall–Kier alpha value is -2.72. The van der Waals surface area contributed by atoms with Crippen molar-refractivity contribution in [2.24, 2.45) is 0 Å². The Kier molecular flexibility index (Phi) is 7.97. The number of nitrogens with zero attached hydrogens (tertiary/aromatic N) is 3. The fraction of sp³-hybridized carbons (Fsp3) is 0.385. The summed E-state index contributed by atoms with van der Waals surface area (Å²) in [5.74, 6) is 0.825. The molecule has 3 aromatic rings. The molecule has 1 aliphatic rings.